The normalized spacial score (nSPS) is 18.5. The van der Waals surface area contributed by atoms with Crippen LogP contribution in [0.15, 0.2) is 24.3 Å². The zero-order valence-electron chi connectivity index (χ0n) is 16.1. The molecule has 2 aliphatic rings. The highest BCUT2D eigenvalue weighted by Crippen LogP contribution is 2.31. The van der Waals surface area contributed by atoms with Crippen molar-refractivity contribution < 1.29 is 14.3 Å². The number of piperidine rings is 1. The van der Waals surface area contributed by atoms with Gasteiger partial charge in [0.2, 0.25) is 5.91 Å². The largest absolute Gasteiger partial charge is 0.484 e. The maximum absolute atomic E-state index is 12.1. The topological polar surface area (TPSA) is 58.6 Å². The van der Waals surface area contributed by atoms with Gasteiger partial charge in [-0.05, 0) is 48.8 Å². The summed E-state index contributed by atoms with van der Waals surface area (Å²) in [5, 5.41) is 3.03. The number of hydrogen-bond donors (Lipinski definition) is 1. The highest BCUT2D eigenvalue weighted by Gasteiger charge is 2.35. The second-order valence-electron chi connectivity index (χ2n) is 8.50. The molecule has 1 aromatic carbocycles. The second kappa shape index (κ2) is 7.68. The molecule has 2 amide bonds. The standard InChI is InChI=1S/C21H30N2O3/c1-21(2,3)16-6-8-18(9-7-16)26-14-19(24)22-17-10-12-23(13-11-17)20(25)15-4-5-15/h6-9,15,17H,4-5,10-14H2,1-3H3,(H,22,24). The molecule has 0 aromatic heterocycles. The van der Waals surface area contributed by atoms with E-state index in [0.29, 0.717) is 11.7 Å². The fourth-order valence-electron chi connectivity index (χ4n) is 3.30. The van der Waals surface area contributed by atoms with E-state index in [1.807, 2.05) is 29.2 Å². The van der Waals surface area contributed by atoms with E-state index in [9.17, 15) is 9.59 Å². The molecule has 1 heterocycles. The van der Waals surface area contributed by atoms with E-state index in [1.165, 1.54) is 5.56 Å². The lowest BCUT2D eigenvalue weighted by atomic mass is 9.87. The van der Waals surface area contributed by atoms with E-state index < -0.39 is 0 Å². The van der Waals surface area contributed by atoms with Gasteiger partial charge in [0.05, 0.1) is 0 Å². The van der Waals surface area contributed by atoms with Crippen molar-refractivity contribution in [3.63, 3.8) is 0 Å². The van der Waals surface area contributed by atoms with Crippen molar-refractivity contribution in [1.29, 1.82) is 0 Å². The highest BCUT2D eigenvalue weighted by molar-refractivity contribution is 5.81. The van der Waals surface area contributed by atoms with Crippen LogP contribution in [0.4, 0.5) is 0 Å². The summed E-state index contributed by atoms with van der Waals surface area (Å²) in [6, 6.07) is 8.04. The van der Waals surface area contributed by atoms with Crippen molar-refractivity contribution in [3.8, 4) is 5.75 Å². The van der Waals surface area contributed by atoms with E-state index >= 15 is 0 Å². The molecule has 5 nitrogen and oxygen atoms in total. The molecule has 1 aliphatic heterocycles. The van der Waals surface area contributed by atoms with Gasteiger partial charge in [-0.15, -0.1) is 0 Å². The fraction of sp³-hybridized carbons (Fsp3) is 0.619. The third-order valence-electron chi connectivity index (χ3n) is 5.19. The molecule has 1 saturated carbocycles. The summed E-state index contributed by atoms with van der Waals surface area (Å²) in [6.07, 6.45) is 3.74. The molecule has 2 fully saturated rings. The maximum Gasteiger partial charge on any atom is 0.258 e. The van der Waals surface area contributed by atoms with Crippen LogP contribution in [0.3, 0.4) is 0 Å². The molecule has 1 N–H and O–H groups in total. The summed E-state index contributed by atoms with van der Waals surface area (Å²) in [5.41, 5.74) is 1.34. The zero-order valence-corrected chi connectivity index (χ0v) is 16.1. The van der Waals surface area contributed by atoms with E-state index in [-0.39, 0.29) is 29.9 Å². The van der Waals surface area contributed by atoms with Crippen molar-refractivity contribution >= 4 is 11.8 Å². The highest BCUT2D eigenvalue weighted by atomic mass is 16.5. The van der Waals surface area contributed by atoms with Crippen LogP contribution in [0.5, 0.6) is 5.75 Å². The number of rotatable bonds is 5. The zero-order chi connectivity index (χ0) is 18.7. The first kappa shape index (κ1) is 18.7. The van der Waals surface area contributed by atoms with Gasteiger partial charge in [-0.25, -0.2) is 0 Å². The maximum atomic E-state index is 12.1. The number of ether oxygens (including phenoxy) is 1. The van der Waals surface area contributed by atoms with Crippen LogP contribution in [0.2, 0.25) is 0 Å². The van der Waals surface area contributed by atoms with E-state index in [1.54, 1.807) is 0 Å². The van der Waals surface area contributed by atoms with Crippen LogP contribution in [0.1, 0.15) is 52.0 Å². The van der Waals surface area contributed by atoms with E-state index in [0.717, 1.165) is 38.8 Å². The number of carbonyl (C=O) groups is 2. The number of likely N-dealkylation sites (tertiary alicyclic amines) is 1. The summed E-state index contributed by atoms with van der Waals surface area (Å²) < 4.78 is 5.60. The number of hydrogen-bond acceptors (Lipinski definition) is 3. The molecule has 1 saturated heterocycles. The lowest BCUT2D eigenvalue weighted by Crippen LogP contribution is -2.47. The monoisotopic (exact) mass is 358 g/mol. The predicted molar refractivity (Wildman–Crippen MR) is 101 cm³/mol. The quantitative estimate of drug-likeness (QED) is 0.880. The summed E-state index contributed by atoms with van der Waals surface area (Å²) in [7, 11) is 0. The van der Waals surface area contributed by atoms with Gasteiger partial charge in [0, 0.05) is 25.0 Å². The first-order valence-corrected chi connectivity index (χ1v) is 9.64. The Kier molecular flexibility index (Phi) is 5.54. The Balaban J connectivity index is 1.38. The van der Waals surface area contributed by atoms with Gasteiger partial charge in [0.25, 0.3) is 5.91 Å². The molecular formula is C21H30N2O3. The van der Waals surface area contributed by atoms with Crippen LogP contribution in [-0.2, 0) is 15.0 Å². The van der Waals surface area contributed by atoms with Crippen molar-refractivity contribution in [1.82, 2.24) is 10.2 Å². The van der Waals surface area contributed by atoms with Crippen LogP contribution >= 0.6 is 0 Å². The molecule has 0 unspecified atom stereocenters. The fourth-order valence-corrected chi connectivity index (χ4v) is 3.30. The van der Waals surface area contributed by atoms with Gasteiger partial charge in [-0.2, -0.15) is 0 Å². The summed E-state index contributed by atoms with van der Waals surface area (Å²) in [4.78, 5) is 26.1. The molecule has 3 rings (SSSR count). The Hall–Kier alpha value is -2.04. The second-order valence-corrected chi connectivity index (χ2v) is 8.50. The van der Waals surface area contributed by atoms with Crippen molar-refractivity contribution in [3.05, 3.63) is 29.8 Å². The Bertz CT molecular complexity index is 636. The van der Waals surface area contributed by atoms with Crippen LogP contribution in [0.25, 0.3) is 0 Å². The average molecular weight is 358 g/mol. The summed E-state index contributed by atoms with van der Waals surface area (Å²) in [5.74, 6) is 1.19. The van der Waals surface area contributed by atoms with Crippen LogP contribution in [0, 0.1) is 5.92 Å². The van der Waals surface area contributed by atoms with Crippen molar-refractivity contribution in [2.45, 2.75) is 57.9 Å². The Morgan fingerprint density at radius 1 is 1.08 bits per heavy atom. The molecule has 142 valence electrons. The molecular weight excluding hydrogens is 328 g/mol. The Labute approximate surface area is 156 Å². The Morgan fingerprint density at radius 2 is 1.69 bits per heavy atom. The number of carbonyl (C=O) groups excluding carboxylic acids is 2. The van der Waals surface area contributed by atoms with Crippen molar-refractivity contribution in [2.24, 2.45) is 5.92 Å². The molecule has 0 radical (unpaired) electrons. The molecule has 0 atom stereocenters. The van der Waals surface area contributed by atoms with Gasteiger partial charge < -0.3 is 15.0 Å². The molecule has 1 aromatic rings. The number of benzene rings is 1. The first-order valence-electron chi connectivity index (χ1n) is 9.64. The third kappa shape index (κ3) is 4.99. The molecule has 5 heteroatoms. The Morgan fingerprint density at radius 3 is 2.23 bits per heavy atom. The van der Waals surface area contributed by atoms with Crippen molar-refractivity contribution in [2.75, 3.05) is 19.7 Å². The third-order valence-corrected chi connectivity index (χ3v) is 5.19. The predicted octanol–water partition coefficient (Wildman–Crippen LogP) is 2.88. The smallest absolute Gasteiger partial charge is 0.258 e. The van der Waals surface area contributed by atoms with E-state index in [2.05, 4.69) is 26.1 Å². The average Bonchev–Trinajstić information content (AvgIpc) is 3.45. The van der Waals surface area contributed by atoms with Crippen LogP contribution in [-0.4, -0.2) is 42.5 Å². The lowest BCUT2D eigenvalue weighted by Gasteiger charge is -2.32. The molecule has 0 spiro atoms. The summed E-state index contributed by atoms with van der Waals surface area (Å²) in [6.45, 7) is 8.01. The van der Waals surface area contributed by atoms with Gasteiger partial charge in [-0.3, -0.25) is 9.59 Å². The minimum Gasteiger partial charge on any atom is -0.484 e. The number of amides is 2. The first-order chi connectivity index (χ1) is 12.3. The van der Waals surface area contributed by atoms with E-state index in [4.69, 9.17) is 4.74 Å². The van der Waals surface area contributed by atoms with Crippen LogP contribution < -0.4 is 10.1 Å². The lowest BCUT2D eigenvalue weighted by molar-refractivity contribution is -0.133. The van der Waals surface area contributed by atoms with Gasteiger partial charge in [0.15, 0.2) is 6.61 Å². The summed E-state index contributed by atoms with van der Waals surface area (Å²) >= 11 is 0. The van der Waals surface area contributed by atoms with Gasteiger partial charge >= 0.3 is 0 Å². The molecule has 0 bridgehead atoms. The molecule has 26 heavy (non-hydrogen) atoms. The van der Waals surface area contributed by atoms with Gasteiger partial charge in [-0.1, -0.05) is 32.9 Å². The number of nitrogens with zero attached hydrogens (tertiary/aromatic N) is 1. The SMILES string of the molecule is CC(C)(C)c1ccc(OCC(=O)NC2CCN(C(=O)C3CC3)CC2)cc1. The minimum atomic E-state index is -0.100. The van der Waals surface area contributed by atoms with Gasteiger partial charge in [0.1, 0.15) is 5.75 Å². The minimum absolute atomic E-state index is 0.0239. The molecule has 1 aliphatic carbocycles. The number of nitrogens with one attached hydrogen (secondary N) is 1.